The maximum atomic E-state index is 5.38. The Kier molecular flexibility index (Phi) is 4.53. The predicted octanol–water partition coefficient (Wildman–Crippen LogP) is 2.87. The minimum Gasteiger partial charge on any atom is -0.425 e. The molecule has 3 aromatic rings. The topological polar surface area (TPSA) is 69.6 Å². The molecule has 0 aliphatic rings. The first-order valence-electron chi connectivity index (χ1n) is 7.14. The Morgan fingerprint density at radius 2 is 1.91 bits per heavy atom. The van der Waals surface area contributed by atoms with Gasteiger partial charge in [0.25, 0.3) is 0 Å². The van der Waals surface area contributed by atoms with Crippen LogP contribution in [0, 0.1) is 6.92 Å². The molecule has 0 N–H and O–H groups in total. The zero-order valence-electron chi connectivity index (χ0n) is 12.6. The van der Waals surface area contributed by atoms with Gasteiger partial charge in [-0.25, -0.2) is 0 Å². The molecule has 0 aliphatic heterocycles. The molecule has 0 bridgehead atoms. The molecule has 0 saturated heterocycles. The fourth-order valence-electron chi connectivity index (χ4n) is 2.17. The van der Waals surface area contributed by atoms with Crippen molar-refractivity contribution in [2.75, 3.05) is 0 Å². The predicted molar refractivity (Wildman–Crippen MR) is 83.5 cm³/mol. The standard InChI is InChI=1S/C15H17N5OS/c1-3-20-13(9-12-7-5-4-6-8-12)17-19-15(20)22-10-14-18-16-11(2)21-14/h4-8H,3,9-10H2,1-2H3. The van der Waals surface area contributed by atoms with Crippen molar-refractivity contribution in [3.8, 4) is 0 Å². The van der Waals surface area contributed by atoms with Gasteiger partial charge in [0.15, 0.2) is 5.16 Å². The SMILES string of the molecule is CCn1c(Cc2ccccc2)nnc1SCc1nnc(C)o1. The molecule has 2 aromatic heterocycles. The smallest absolute Gasteiger partial charge is 0.226 e. The number of aryl methyl sites for hydroxylation is 1. The molecule has 7 heteroatoms. The number of rotatable bonds is 6. The first-order valence-corrected chi connectivity index (χ1v) is 8.12. The van der Waals surface area contributed by atoms with Crippen LogP contribution in [0.15, 0.2) is 39.9 Å². The number of thioether (sulfide) groups is 1. The van der Waals surface area contributed by atoms with E-state index in [-0.39, 0.29) is 0 Å². The molecule has 2 heterocycles. The molecule has 3 rings (SSSR count). The average Bonchev–Trinajstić information content (AvgIpc) is 3.12. The van der Waals surface area contributed by atoms with Crippen LogP contribution < -0.4 is 0 Å². The lowest BCUT2D eigenvalue weighted by Gasteiger charge is -2.06. The summed E-state index contributed by atoms with van der Waals surface area (Å²) in [4.78, 5) is 0. The third-order valence-corrected chi connectivity index (χ3v) is 4.16. The second kappa shape index (κ2) is 6.74. The van der Waals surface area contributed by atoms with Crippen molar-refractivity contribution in [3.63, 3.8) is 0 Å². The third kappa shape index (κ3) is 3.36. The second-order valence-corrected chi connectivity index (χ2v) is 5.75. The first-order chi connectivity index (χ1) is 10.8. The molecule has 0 spiro atoms. The minimum absolute atomic E-state index is 0.581. The summed E-state index contributed by atoms with van der Waals surface area (Å²) in [5.41, 5.74) is 1.23. The van der Waals surface area contributed by atoms with Gasteiger partial charge in [-0.3, -0.25) is 0 Å². The van der Waals surface area contributed by atoms with Crippen LogP contribution >= 0.6 is 11.8 Å². The van der Waals surface area contributed by atoms with Crippen LogP contribution in [-0.4, -0.2) is 25.0 Å². The van der Waals surface area contributed by atoms with Crippen LogP contribution in [-0.2, 0) is 18.7 Å². The van der Waals surface area contributed by atoms with Crippen molar-refractivity contribution in [1.29, 1.82) is 0 Å². The summed E-state index contributed by atoms with van der Waals surface area (Å²) in [5.74, 6) is 2.76. The lowest BCUT2D eigenvalue weighted by atomic mass is 10.1. The summed E-state index contributed by atoms with van der Waals surface area (Å²) in [7, 11) is 0. The molecule has 0 radical (unpaired) electrons. The highest BCUT2D eigenvalue weighted by molar-refractivity contribution is 7.98. The molecule has 0 unspecified atom stereocenters. The van der Waals surface area contributed by atoms with Crippen molar-refractivity contribution in [1.82, 2.24) is 25.0 Å². The molecule has 1 aromatic carbocycles. The van der Waals surface area contributed by atoms with E-state index in [0.717, 1.165) is 23.9 Å². The van der Waals surface area contributed by atoms with Crippen molar-refractivity contribution < 1.29 is 4.42 Å². The average molecular weight is 315 g/mol. The van der Waals surface area contributed by atoms with Crippen molar-refractivity contribution in [3.05, 3.63) is 53.5 Å². The second-order valence-electron chi connectivity index (χ2n) is 4.81. The van der Waals surface area contributed by atoms with Crippen LogP contribution in [0.5, 0.6) is 0 Å². The van der Waals surface area contributed by atoms with Crippen LogP contribution in [0.4, 0.5) is 0 Å². The Morgan fingerprint density at radius 3 is 2.59 bits per heavy atom. The normalized spacial score (nSPS) is 11.0. The van der Waals surface area contributed by atoms with Gasteiger partial charge < -0.3 is 8.98 Å². The van der Waals surface area contributed by atoms with Crippen molar-refractivity contribution >= 4 is 11.8 Å². The van der Waals surface area contributed by atoms with E-state index in [1.54, 1.807) is 18.7 Å². The van der Waals surface area contributed by atoms with Crippen LogP contribution in [0.3, 0.4) is 0 Å². The lowest BCUT2D eigenvalue weighted by molar-refractivity contribution is 0.485. The van der Waals surface area contributed by atoms with Crippen molar-refractivity contribution in [2.45, 2.75) is 37.7 Å². The van der Waals surface area contributed by atoms with Crippen LogP contribution in [0.1, 0.15) is 30.1 Å². The van der Waals surface area contributed by atoms with Gasteiger partial charge in [-0.2, -0.15) is 0 Å². The Hall–Kier alpha value is -2.15. The maximum Gasteiger partial charge on any atom is 0.226 e. The van der Waals surface area contributed by atoms with E-state index in [0.29, 0.717) is 17.5 Å². The number of nitrogens with zero attached hydrogens (tertiary/aromatic N) is 5. The quantitative estimate of drug-likeness (QED) is 0.651. The maximum absolute atomic E-state index is 5.38. The highest BCUT2D eigenvalue weighted by Gasteiger charge is 2.13. The van der Waals surface area contributed by atoms with Gasteiger partial charge in [0.05, 0.1) is 5.75 Å². The summed E-state index contributed by atoms with van der Waals surface area (Å²) in [6.45, 7) is 4.72. The largest absolute Gasteiger partial charge is 0.425 e. The molecule has 114 valence electrons. The molecular weight excluding hydrogens is 298 g/mol. The fourth-order valence-corrected chi connectivity index (χ4v) is 3.03. The molecule has 6 nitrogen and oxygen atoms in total. The highest BCUT2D eigenvalue weighted by Crippen LogP contribution is 2.22. The Morgan fingerprint density at radius 1 is 1.09 bits per heavy atom. The van der Waals surface area contributed by atoms with E-state index in [1.807, 2.05) is 18.2 Å². The van der Waals surface area contributed by atoms with Crippen LogP contribution in [0.25, 0.3) is 0 Å². The number of benzene rings is 1. The molecule has 0 aliphatic carbocycles. The monoisotopic (exact) mass is 315 g/mol. The highest BCUT2D eigenvalue weighted by atomic mass is 32.2. The van der Waals surface area contributed by atoms with E-state index in [2.05, 4.69) is 44.0 Å². The van der Waals surface area contributed by atoms with Crippen LogP contribution in [0.2, 0.25) is 0 Å². The minimum atomic E-state index is 0.581. The Bertz CT molecular complexity index is 737. The number of hydrogen-bond donors (Lipinski definition) is 0. The summed E-state index contributed by atoms with van der Waals surface area (Å²) in [6, 6.07) is 10.3. The molecule has 0 fully saturated rings. The first kappa shape index (κ1) is 14.8. The van der Waals surface area contributed by atoms with Gasteiger partial charge in [0.1, 0.15) is 5.82 Å². The molecule has 0 amide bonds. The summed E-state index contributed by atoms with van der Waals surface area (Å²) < 4.78 is 7.51. The van der Waals surface area contributed by atoms with E-state index >= 15 is 0 Å². The van der Waals surface area contributed by atoms with Gasteiger partial charge in [-0.1, -0.05) is 42.1 Å². The molecule has 22 heavy (non-hydrogen) atoms. The summed E-state index contributed by atoms with van der Waals surface area (Å²) in [6.07, 6.45) is 0.780. The molecule has 0 atom stereocenters. The summed E-state index contributed by atoms with van der Waals surface area (Å²) >= 11 is 1.56. The van der Waals surface area contributed by atoms with E-state index < -0.39 is 0 Å². The third-order valence-electron chi connectivity index (χ3n) is 3.21. The van der Waals surface area contributed by atoms with Gasteiger partial charge in [0, 0.05) is 19.9 Å². The fraction of sp³-hybridized carbons (Fsp3) is 0.333. The zero-order chi connectivity index (χ0) is 15.4. The van der Waals surface area contributed by atoms with Gasteiger partial charge >= 0.3 is 0 Å². The van der Waals surface area contributed by atoms with Crippen molar-refractivity contribution in [2.24, 2.45) is 0 Å². The lowest BCUT2D eigenvalue weighted by Crippen LogP contribution is -2.04. The van der Waals surface area contributed by atoms with E-state index in [4.69, 9.17) is 4.42 Å². The van der Waals surface area contributed by atoms with Gasteiger partial charge in [-0.15, -0.1) is 20.4 Å². The Balaban J connectivity index is 1.72. The molecule has 0 saturated carbocycles. The zero-order valence-corrected chi connectivity index (χ0v) is 13.4. The number of aromatic nitrogens is 5. The van der Waals surface area contributed by atoms with Gasteiger partial charge in [0.2, 0.25) is 11.8 Å². The molecular formula is C15H17N5OS. The summed E-state index contributed by atoms with van der Waals surface area (Å²) in [5, 5.41) is 17.3. The Labute approximate surface area is 133 Å². The number of hydrogen-bond acceptors (Lipinski definition) is 6. The van der Waals surface area contributed by atoms with E-state index in [9.17, 15) is 0 Å². The van der Waals surface area contributed by atoms with Gasteiger partial charge in [-0.05, 0) is 12.5 Å². The van der Waals surface area contributed by atoms with E-state index in [1.165, 1.54) is 5.56 Å².